The van der Waals surface area contributed by atoms with E-state index in [0.717, 1.165) is 22.3 Å². The molecule has 0 heterocycles. The van der Waals surface area contributed by atoms with Gasteiger partial charge in [-0.15, -0.1) is 0 Å². The lowest BCUT2D eigenvalue weighted by atomic mass is 10.0. The number of ketones is 1. The van der Waals surface area contributed by atoms with Crippen LogP contribution in [0, 0.1) is 11.8 Å². The molecule has 3 rings (SSSR count). The fraction of sp³-hybridized carbons (Fsp3) is 0.0625. The first kappa shape index (κ1) is 12.0. The Kier molecular flexibility index (Phi) is 2.96. The molecule has 4 heteroatoms. The molecule has 0 spiro atoms. The highest BCUT2D eigenvalue weighted by Crippen LogP contribution is 2.36. The zero-order chi connectivity index (χ0) is 13.9. The zero-order valence-electron chi connectivity index (χ0n) is 10.5. The SMILES string of the molecule is [N-]=[N+]=NCC#Cc1ccc2c(c1)C(=O)c1ccccc1-2. The van der Waals surface area contributed by atoms with Crippen molar-refractivity contribution in [2.75, 3.05) is 6.54 Å². The smallest absolute Gasteiger partial charge is 0.194 e. The number of azide groups is 1. The third-order valence-corrected chi connectivity index (χ3v) is 3.17. The van der Waals surface area contributed by atoms with Gasteiger partial charge in [-0.05, 0) is 28.8 Å². The van der Waals surface area contributed by atoms with Crippen molar-refractivity contribution in [1.29, 1.82) is 0 Å². The highest BCUT2D eigenvalue weighted by Gasteiger charge is 2.25. The van der Waals surface area contributed by atoms with Gasteiger partial charge >= 0.3 is 0 Å². The number of hydrogen-bond acceptors (Lipinski definition) is 2. The molecule has 0 bridgehead atoms. The second kappa shape index (κ2) is 4.93. The van der Waals surface area contributed by atoms with Crippen LogP contribution in [0.15, 0.2) is 47.6 Å². The average Bonchev–Trinajstić information content (AvgIpc) is 2.77. The van der Waals surface area contributed by atoms with Crippen LogP contribution < -0.4 is 0 Å². The molecule has 0 aromatic heterocycles. The molecule has 20 heavy (non-hydrogen) atoms. The van der Waals surface area contributed by atoms with Crippen molar-refractivity contribution >= 4 is 5.78 Å². The lowest BCUT2D eigenvalue weighted by Gasteiger charge is -1.99. The Morgan fingerprint density at radius 1 is 1.05 bits per heavy atom. The Balaban J connectivity index is 2.02. The van der Waals surface area contributed by atoms with Crippen LogP contribution in [0.5, 0.6) is 0 Å². The molecular weight excluding hydrogens is 250 g/mol. The quantitative estimate of drug-likeness (QED) is 0.285. The number of rotatable bonds is 1. The normalized spacial score (nSPS) is 10.9. The first-order valence-corrected chi connectivity index (χ1v) is 6.09. The van der Waals surface area contributed by atoms with Gasteiger partial charge in [0.25, 0.3) is 0 Å². The number of fused-ring (bicyclic) bond motifs is 3. The van der Waals surface area contributed by atoms with Crippen LogP contribution in [0.25, 0.3) is 21.6 Å². The van der Waals surface area contributed by atoms with Gasteiger partial charge in [0.2, 0.25) is 0 Å². The monoisotopic (exact) mass is 259 g/mol. The molecule has 0 fully saturated rings. The van der Waals surface area contributed by atoms with Crippen molar-refractivity contribution in [3.05, 3.63) is 69.6 Å². The molecule has 0 radical (unpaired) electrons. The Hall–Kier alpha value is -3.02. The molecule has 4 nitrogen and oxygen atoms in total. The topological polar surface area (TPSA) is 65.8 Å². The van der Waals surface area contributed by atoms with Crippen molar-refractivity contribution in [1.82, 2.24) is 0 Å². The first-order chi connectivity index (χ1) is 9.81. The summed E-state index contributed by atoms with van der Waals surface area (Å²) in [4.78, 5) is 14.9. The molecule has 94 valence electrons. The summed E-state index contributed by atoms with van der Waals surface area (Å²) in [6.07, 6.45) is 0. The van der Waals surface area contributed by atoms with Crippen LogP contribution in [0.3, 0.4) is 0 Å². The fourth-order valence-corrected chi connectivity index (χ4v) is 2.31. The van der Waals surface area contributed by atoms with E-state index in [1.807, 2.05) is 36.4 Å². The highest BCUT2D eigenvalue weighted by atomic mass is 16.1. The minimum atomic E-state index is 0.0364. The summed E-state index contributed by atoms with van der Waals surface area (Å²) >= 11 is 0. The van der Waals surface area contributed by atoms with Gasteiger partial charge in [0.15, 0.2) is 5.78 Å². The molecule has 2 aromatic carbocycles. The molecule has 0 saturated carbocycles. The van der Waals surface area contributed by atoms with Crippen molar-refractivity contribution in [3.63, 3.8) is 0 Å². The van der Waals surface area contributed by atoms with E-state index < -0.39 is 0 Å². The molecule has 2 aromatic rings. The average molecular weight is 259 g/mol. The Labute approximate surface area is 115 Å². The maximum Gasteiger partial charge on any atom is 0.194 e. The minimum Gasteiger partial charge on any atom is -0.289 e. The largest absolute Gasteiger partial charge is 0.289 e. The van der Waals surface area contributed by atoms with Crippen LogP contribution in [-0.2, 0) is 0 Å². The molecule has 0 aliphatic heterocycles. The van der Waals surface area contributed by atoms with E-state index in [1.54, 1.807) is 6.07 Å². The second-order valence-electron chi connectivity index (χ2n) is 4.33. The van der Waals surface area contributed by atoms with Gasteiger partial charge in [-0.25, -0.2) is 0 Å². The summed E-state index contributed by atoms with van der Waals surface area (Å²) in [6.45, 7) is 0.127. The lowest BCUT2D eigenvalue weighted by molar-refractivity contribution is 0.104. The van der Waals surface area contributed by atoms with E-state index in [-0.39, 0.29) is 12.3 Å². The van der Waals surface area contributed by atoms with Crippen molar-refractivity contribution in [2.24, 2.45) is 5.11 Å². The highest BCUT2D eigenvalue weighted by molar-refractivity contribution is 6.21. The van der Waals surface area contributed by atoms with Crippen molar-refractivity contribution in [3.8, 4) is 23.0 Å². The van der Waals surface area contributed by atoms with Crippen molar-refractivity contribution in [2.45, 2.75) is 0 Å². The van der Waals surface area contributed by atoms with E-state index in [2.05, 4.69) is 21.9 Å². The van der Waals surface area contributed by atoms with Gasteiger partial charge in [-0.3, -0.25) is 4.79 Å². The predicted octanol–water partition coefficient (Wildman–Crippen LogP) is 3.56. The third kappa shape index (κ3) is 1.93. The zero-order valence-corrected chi connectivity index (χ0v) is 10.5. The van der Waals surface area contributed by atoms with Gasteiger partial charge in [0.1, 0.15) is 0 Å². The molecule has 1 aliphatic carbocycles. The standard InChI is InChI=1S/C16H9N3O/c17-19-18-9-3-4-11-7-8-13-12-5-1-2-6-14(12)16(20)15(13)10-11/h1-2,5-8,10H,9H2. The molecule has 0 unspecified atom stereocenters. The van der Waals surface area contributed by atoms with Gasteiger partial charge < -0.3 is 0 Å². The van der Waals surface area contributed by atoms with E-state index in [9.17, 15) is 4.79 Å². The summed E-state index contributed by atoms with van der Waals surface area (Å²) in [5.74, 6) is 5.67. The Morgan fingerprint density at radius 3 is 2.60 bits per heavy atom. The summed E-state index contributed by atoms with van der Waals surface area (Å²) in [6, 6.07) is 13.2. The molecular formula is C16H9N3O. The lowest BCUT2D eigenvalue weighted by Crippen LogP contribution is -1.95. The second-order valence-corrected chi connectivity index (χ2v) is 4.33. The Morgan fingerprint density at radius 2 is 1.80 bits per heavy atom. The van der Waals surface area contributed by atoms with Gasteiger partial charge in [0.05, 0.1) is 6.54 Å². The van der Waals surface area contributed by atoms with Crippen molar-refractivity contribution < 1.29 is 4.79 Å². The molecule has 0 amide bonds. The number of carbonyl (C=O) groups is 1. The van der Waals surface area contributed by atoms with E-state index in [0.29, 0.717) is 5.56 Å². The molecule has 1 aliphatic rings. The van der Waals surface area contributed by atoms with Crippen LogP contribution in [0.4, 0.5) is 0 Å². The van der Waals surface area contributed by atoms with Gasteiger partial charge in [-0.2, -0.15) is 0 Å². The van der Waals surface area contributed by atoms with Crippen LogP contribution in [-0.4, -0.2) is 12.3 Å². The van der Waals surface area contributed by atoms with E-state index in [4.69, 9.17) is 5.53 Å². The van der Waals surface area contributed by atoms with Crippen LogP contribution >= 0.6 is 0 Å². The first-order valence-electron chi connectivity index (χ1n) is 6.09. The molecule has 0 N–H and O–H groups in total. The van der Waals surface area contributed by atoms with E-state index in [1.165, 1.54) is 0 Å². The number of nitrogens with zero attached hydrogens (tertiary/aromatic N) is 3. The molecule has 0 saturated heterocycles. The maximum atomic E-state index is 12.3. The Bertz CT molecular complexity index is 821. The third-order valence-electron chi connectivity index (χ3n) is 3.17. The number of benzene rings is 2. The summed E-state index contributed by atoms with van der Waals surface area (Å²) in [5.41, 5.74) is 12.3. The maximum absolute atomic E-state index is 12.3. The molecule has 0 atom stereocenters. The van der Waals surface area contributed by atoms with Crippen LogP contribution in [0.1, 0.15) is 21.5 Å². The summed E-state index contributed by atoms with van der Waals surface area (Å²) in [5, 5.41) is 3.35. The van der Waals surface area contributed by atoms with Crippen LogP contribution in [0.2, 0.25) is 0 Å². The van der Waals surface area contributed by atoms with Gasteiger partial charge in [-0.1, -0.05) is 47.3 Å². The van der Waals surface area contributed by atoms with Gasteiger partial charge in [0, 0.05) is 21.6 Å². The fourth-order valence-electron chi connectivity index (χ4n) is 2.31. The number of carbonyl (C=O) groups excluding carboxylic acids is 1. The van der Waals surface area contributed by atoms with E-state index >= 15 is 0 Å². The summed E-state index contributed by atoms with van der Waals surface area (Å²) in [7, 11) is 0. The number of hydrogen-bond donors (Lipinski definition) is 0. The predicted molar refractivity (Wildman–Crippen MR) is 76.2 cm³/mol. The minimum absolute atomic E-state index is 0.0364. The summed E-state index contributed by atoms with van der Waals surface area (Å²) < 4.78 is 0.